The van der Waals surface area contributed by atoms with Crippen molar-refractivity contribution in [3.05, 3.63) is 46.7 Å². The molecule has 4 heterocycles. The number of hydrogen-bond acceptors (Lipinski definition) is 12. The Bertz CT molecular complexity index is 1410. The van der Waals surface area contributed by atoms with E-state index in [2.05, 4.69) is 15.5 Å². The summed E-state index contributed by atoms with van der Waals surface area (Å²) < 4.78 is 1.88. The van der Waals surface area contributed by atoms with Gasteiger partial charge in [0.25, 0.3) is 11.8 Å². The Labute approximate surface area is 235 Å². The number of β-lactam (4-membered cyclic amide) rings is 1. The number of nitrogens with zero attached hydrogens (tertiary/aromatic N) is 4. The van der Waals surface area contributed by atoms with Crippen LogP contribution >= 0.6 is 34.9 Å². The Morgan fingerprint density at radius 2 is 2.15 bits per heavy atom. The van der Waals surface area contributed by atoms with Crippen LogP contribution in [0.25, 0.3) is 0 Å². The Balaban J connectivity index is 1.56. The van der Waals surface area contributed by atoms with Crippen molar-refractivity contribution in [3.63, 3.8) is 0 Å². The van der Waals surface area contributed by atoms with Crippen LogP contribution in [0.4, 0.5) is 5.13 Å². The zero-order valence-corrected chi connectivity index (χ0v) is 23.4. The fourth-order valence-electron chi connectivity index (χ4n) is 3.78. The number of amides is 2. The Morgan fingerprint density at radius 1 is 1.41 bits per heavy atom. The summed E-state index contributed by atoms with van der Waals surface area (Å²) in [4.78, 5) is 60.0. The first-order chi connectivity index (χ1) is 18.4. The topological polar surface area (TPSA) is 191 Å². The van der Waals surface area contributed by atoms with Gasteiger partial charge in [-0.1, -0.05) is 16.9 Å². The van der Waals surface area contributed by atoms with E-state index in [1.807, 2.05) is 35.2 Å². The molecule has 4 N–H and O–H groups in total. The number of carbonyl (C=O) groups excluding carboxylic acids is 3. The van der Waals surface area contributed by atoms with E-state index in [1.54, 1.807) is 0 Å². The second-order valence-electron chi connectivity index (χ2n) is 8.89. The average molecular weight is 593 g/mol. The molecule has 1 fully saturated rings. The molecular formula is C23H24N6O7S3. The lowest BCUT2D eigenvalue weighted by Gasteiger charge is -2.50. The molecule has 0 saturated carbocycles. The van der Waals surface area contributed by atoms with E-state index in [0.29, 0.717) is 11.3 Å². The fourth-order valence-corrected chi connectivity index (χ4v) is 6.24. The highest BCUT2D eigenvalue weighted by atomic mass is 32.2. The van der Waals surface area contributed by atoms with Gasteiger partial charge in [0.05, 0.1) is 11.7 Å². The van der Waals surface area contributed by atoms with Gasteiger partial charge in [-0.25, -0.2) is 9.78 Å². The number of anilines is 1. The summed E-state index contributed by atoms with van der Waals surface area (Å²) in [6.07, 6.45) is 3.73. The maximum Gasteiger partial charge on any atom is 0.350 e. The number of thioether (sulfide) groups is 2. The molecule has 13 nitrogen and oxygen atoms in total. The number of nitrogens with two attached hydrogens (primary N) is 1. The number of oxime groups is 1. The summed E-state index contributed by atoms with van der Waals surface area (Å²) in [5.41, 5.74) is 3.85. The predicted molar refractivity (Wildman–Crippen MR) is 141 cm³/mol. The number of thiazole rings is 1. The molecule has 2 amide bonds. The highest BCUT2D eigenvalue weighted by Crippen LogP contribution is 2.40. The largest absolute Gasteiger partial charge is 0.543 e. The van der Waals surface area contributed by atoms with Gasteiger partial charge in [0.1, 0.15) is 17.1 Å². The van der Waals surface area contributed by atoms with Crippen molar-refractivity contribution in [1.29, 1.82) is 0 Å². The minimum Gasteiger partial charge on any atom is -0.543 e. The van der Waals surface area contributed by atoms with Crippen LogP contribution < -0.4 is 20.7 Å². The van der Waals surface area contributed by atoms with E-state index in [9.17, 15) is 29.4 Å². The molecule has 2 unspecified atom stereocenters. The normalized spacial score (nSPS) is 19.3. The number of fused-ring (bicyclic) bond motifs is 1. The molecule has 0 bridgehead atoms. The van der Waals surface area contributed by atoms with Crippen LogP contribution in [-0.2, 0) is 30.6 Å². The molecular weight excluding hydrogens is 568 g/mol. The number of aliphatic carboxylic acids is 2. The molecule has 0 radical (unpaired) electrons. The van der Waals surface area contributed by atoms with Crippen molar-refractivity contribution in [2.75, 3.05) is 17.7 Å². The minimum absolute atomic E-state index is 0.0261. The zero-order valence-electron chi connectivity index (χ0n) is 20.9. The molecule has 16 heteroatoms. The van der Waals surface area contributed by atoms with E-state index < -0.39 is 40.8 Å². The molecule has 0 aliphatic carbocycles. The summed E-state index contributed by atoms with van der Waals surface area (Å²) in [6.45, 7) is 2.74. The van der Waals surface area contributed by atoms with Crippen molar-refractivity contribution >= 4 is 69.5 Å². The van der Waals surface area contributed by atoms with Crippen molar-refractivity contribution in [1.82, 2.24) is 15.2 Å². The van der Waals surface area contributed by atoms with Gasteiger partial charge in [-0.15, -0.1) is 23.1 Å². The third-order valence-corrected chi connectivity index (χ3v) is 8.66. The fraction of sp³-hybridized carbons (Fsp3) is 0.348. The number of nitrogens with one attached hydrogen (secondary N) is 1. The number of aromatic nitrogens is 2. The van der Waals surface area contributed by atoms with Crippen molar-refractivity contribution in [3.8, 4) is 0 Å². The number of nitrogen functional groups attached to an aromatic ring is 1. The van der Waals surface area contributed by atoms with Crippen LogP contribution in [0.3, 0.4) is 0 Å². The van der Waals surface area contributed by atoms with Gasteiger partial charge in [-0.2, -0.15) is 4.57 Å². The SMILES string of the molecule is CSc1cccc[n+]1CC1=C(C(=O)[O-])N2C(=O)C(NC(=O)/C(=N\OC(C)(C)C(=O)O)c3csc(N)n3)C2SC1. The van der Waals surface area contributed by atoms with E-state index >= 15 is 0 Å². The van der Waals surface area contributed by atoms with E-state index in [1.165, 1.54) is 42.8 Å². The molecule has 4 rings (SSSR count). The van der Waals surface area contributed by atoms with Crippen LogP contribution in [0, 0.1) is 0 Å². The maximum absolute atomic E-state index is 13.2. The van der Waals surface area contributed by atoms with E-state index in [4.69, 9.17) is 10.6 Å². The standard InChI is InChI=1S/C23H24N6O7S3/c1-23(2,21(34)35)36-27-14(12-10-39-22(24)25-12)17(30)26-15-18(31)29-16(20(32)33)11(9-38-19(15)29)8-28-7-5-4-6-13(28)37-3/h4-7,10,15,19H,8-9H2,1-3H3,(H4-,24,25,26,30,32,33,34,35)/b27-14-. The quantitative estimate of drug-likeness (QED) is 0.105. The summed E-state index contributed by atoms with van der Waals surface area (Å²) in [5, 5.41) is 29.5. The van der Waals surface area contributed by atoms with Gasteiger partial charge < -0.3 is 30.9 Å². The summed E-state index contributed by atoms with van der Waals surface area (Å²) in [7, 11) is 0. The highest BCUT2D eigenvalue weighted by Gasteiger charge is 2.53. The second kappa shape index (κ2) is 11.2. The van der Waals surface area contributed by atoms with E-state index in [0.717, 1.165) is 21.3 Å². The lowest BCUT2D eigenvalue weighted by molar-refractivity contribution is -0.725. The lowest BCUT2D eigenvalue weighted by Crippen LogP contribution is -2.71. The molecule has 2 aromatic heterocycles. The van der Waals surface area contributed by atoms with Crippen molar-refractivity contribution in [2.24, 2.45) is 5.16 Å². The smallest absolute Gasteiger partial charge is 0.350 e. The summed E-state index contributed by atoms with van der Waals surface area (Å²) >= 11 is 3.83. The number of rotatable bonds is 10. The minimum atomic E-state index is -1.76. The average Bonchev–Trinajstić information content (AvgIpc) is 3.32. The Hall–Kier alpha value is -3.63. The number of hydrogen-bond donors (Lipinski definition) is 3. The second-order valence-corrected chi connectivity index (χ2v) is 11.7. The number of pyridine rings is 1. The number of carboxylic acids is 2. The monoisotopic (exact) mass is 592 g/mol. The lowest BCUT2D eigenvalue weighted by atomic mass is 10.0. The van der Waals surface area contributed by atoms with Crippen LogP contribution in [0.1, 0.15) is 19.5 Å². The predicted octanol–water partition coefficient (Wildman–Crippen LogP) is -0.577. The molecule has 2 aliphatic heterocycles. The maximum atomic E-state index is 13.2. The summed E-state index contributed by atoms with van der Waals surface area (Å²) in [5.74, 6) is -4.01. The molecule has 39 heavy (non-hydrogen) atoms. The van der Waals surface area contributed by atoms with Crippen molar-refractivity contribution < 1.29 is 38.8 Å². The molecule has 2 aromatic rings. The molecule has 0 aromatic carbocycles. The van der Waals surface area contributed by atoms with Crippen LogP contribution in [0.2, 0.25) is 0 Å². The number of carboxylic acid groups (broad SMARTS) is 2. The Kier molecular flexibility index (Phi) is 8.17. The molecule has 2 aliphatic rings. The van der Waals surface area contributed by atoms with Gasteiger partial charge >= 0.3 is 5.97 Å². The van der Waals surface area contributed by atoms with Gasteiger partial charge in [-0.3, -0.25) is 14.5 Å². The third-order valence-electron chi connectivity index (χ3n) is 5.86. The van der Waals surface area contributed by atoms with Crippen LogP contribution in [0.15, 0.2) is 51.2 Å². The van der Waals surface area contributed by atoms with Gasteiger partial charge in [0, 0.05) is 28.8 Å². The first kappa shape index (κ1) is 28.4. The van der Waals surface area contributed by atoms with Gasteiger partial charge in [-0.05, 0) is 26.2 Å². The van der Waals surface area contributed by atoms with Crippen LogP contribution in [-0.4, -0.2) is 73.5 Å². The zero-order chi connectivity index (χ0) is 28.5. The first-order valence-electron chi connectivity index (χ1n) is 11.4. The van der Waals surface area contributed by atoms with Crippen LogP contribution in [0.5, 0.6) is 0 Å². The van der Waals surface area contributed by atoms with E-state index in [-0.39, 0.29) is 28.8 Å². The Morgan fingerprint density at radius 3 is 2.77 bits per heavy atom. The highest BCUT2D eigenvalue weighted by molar-refractivity contribution is 8.00. The molecule has 206 valence electrons. The summed E-state index contributed by atoms with van der Waals surface area (Å²) in [6, 6.07) is 4.53. The third kappa shape index (κ3) is 5.72. The molecule has 0 spiro atoms. The first-order valence-corrected chi connectivity index (χ1v) is 14.5. The van der Waals surface area contributed by atoms with Gasteiger partial charge in [0.2, 0.25) is 10.6 Å². The van der Waals surface area contributed by atoms with Gasteiger partial charge in [0.15, 0.2) is 23.6 Å². The number of carbonyl (C=O) groups is 4. The molecule has 1 saturated heterocycles. The van der Waals surface area contributed by atoms with Crippen molar-refractivity contribution in [2.45, 2.75) is 42.4 Å². The molecule has 2 atom stereocenters.